The molecule has 3 atom stereocenters. The number of carbonyl (C=O) groups excluding carboxylic acids is 1. The minimum Gasteiger partial charge on any atom is -0.299 e. The van der Waals surface area contributed by atoms with Crippen molar-refractivity contribution in [3.8, 4) is 0 Å². The zero-order valence-corrected chi connectivity index (χ0v) is 10.3. The Morgan fingerprint density at radius 2 is 2.07 bits per heavy atom. The van der Waals surface area contributed by atoms with E-state index < -0.39 is 9.84 Å². The molecule has 0 saturated heterocycles. The van der Waals surface area contributed by atoms with Crippen molar-refractivity contribution in [1.29, 1.82) is 0 Å². The van der Waals surface area contributed by atoms with Crippen LogP contribution in [0.2, 0.25) is 0 Å². The van der Waals surface area contributed by atoms with Crippen molar-refractivity contribution in [1.82, 2.24) is 0 Å². The topological polar surface area (TPSA) is 51.2 Å². The molecular formula is C11H18O3S. The van der Waals surface area contributed by atoms with E-state index in [1.54, 1.807) is 13.8 Å². The van der Waals surface area contributed by atoms with Gasteiger partial charge >= 0.3 is 0 Å². The molecule has 0 spiro atoms. The van der Waals surface area contributed by atoms with E-state index in [2.05, 4.69) is 6.92 Å². The molecule has 86 valence electrons. The summed E-state index contributed by atoms with van der Waals surface area (Å²) >= 11 is 0. The summed E-state index contributed by atoms with van der Waals surface area (Å²) in [7, 11) is -3.08. The summed E-state index contributed by atoms with van der Waals surface area (Å²) in [4.78, 5) is 11.7. The number of sulfone groups is 1. The third-order valence-corrected chi connectivity index (χ3v) is 6.44. The summed E-state index contributed by atoms with van der Waals surface area (Å²) in [5.41, 5.74) is 0.0129. The summed E-state index contributed by atoms with van der Waals surface area (Å²) in [6.45, 7) is 5.42. The van der Waals surface area contributed by atoms with Gasteiger partial charge in [-0.3, -0.25) is 4.79 Å². The van der Waals surface area contributed by atoms with Crippen molar-refractivity contribution in [2.45, 2.75) is 38.9 Å². The van der Waals surface area contributed by atoms with Crippen LogP contribution < -0.4 is 0 Å². The van der Waals surface area contributed by atoms with E-state index in [1.165, 1.54) is 0 Å². The summed E-state index contributed by atoms with van der Waals surface area (Å²) in [5, 5.41) is -0.369. The van der Waals surface area contributed by atoms with Gasteiger partial charge in [-0.2, -0.15) is 0 Å². The lowest BCUT2D eigenvalue weighted by molar-refractivity contribution is -0.121. The van der Waals surface area contributed by atoms with E-state index in [1.807, 2.05) is 0 Å². The number of hydrogen-bond acceptors (Lipinski definition) is 3. The maximum atomic E-state index is 11.8. The van der Waals surface area contributed by atoms with Gasteiger partial charge in [0.2, 0.25) is 0 Å². The van der Waals surface area contributed by atoms with Crippen LogP contribution in [0.1, 0.15) is 33.6 Å². The van der Waals surface area contributed by atoms with Crippen LogP contribution in [0, 0.1) is 17.3 Å². The molecule has 0 N–H and O–H groups in total. The first-order chi connectivity index (χ1) is 6.77. The zero-order valence-electron chi connectivity index (χ0n) is 9.49. The van der Waals surface area contributed by atoms with Crippen molar-refractivity contribution in [2.24, 2.45) is 17.3 Å². The van der Waals surface area contributed by atoms with Gasteiger partial charge in [0, 0.05) is 12.3 Å². The summed E-state index contributed by atoms with van der Waals surface area (Å²) in [6, 6.07) is 0. The second-order valence-corrected chi connectivity index (χ2v) is 8.11. The fourth-order valence-corrected chi connectivity index (χ4v) is 4.08. The monoisotopic (exact) mass is 230 g/mol. The van der Waals surface area contributed by atoms with Crippen molar-refractivity contribution in [3.63, 3.8) is 0 Å². The molecule has 4 heteroatoms. The molecule has 2 unspecified atom stereocenters. The lowest BCUT2D eigenvalue weighted by Gasteiger charge is -2.19. The molecule has 0 radical (unpaired) electrons. The lowest BCUT2D eigenvalue weighted by Crippen LogP contribution is -2.30. The van der Waals surface area contributed by atoms with Crippen molar-refractivity contribution in [2.75, 3.05) is 5.75 Å². The summed E-state index contributed by atoms with van der Waals surface area (Å²) < 4.78 is 23.6. The Bertz CT molecular complexity index is 396. The molecule has 0 aromatic heterocycles. The highest BCUT2D eigenvalue weighted by Gasteiger charge is 2.63. The fraction of sp³-hybridized carbons (Fsp3) is 0.909. The molecule has 2 saturated carbocycles. The van der Waals surface area contributed by atoms with Gasteiger partial charge in [-0.15, -0.1) is 0 Å². The predicted molar refractivity (Wildman–Crippen MR) is 58.3 cm³/mol. The van der Waals surface area contributed by atoms with Gasteiger partial charge in [-0.05, 0) is 31.6 Å². The first-order valence-electron chi connectivity index (χ1n) is 5.51. The first kappa shape index (κ1) is 11.1. The van der Waals surface area contributed by atoms with Crippen molar-refractivity contribution < 1.29 is 13.2 Å². The number of Topliss-reactive ketones (excluding diaryl/α,β-unsaturated/α-hetero) is 1. The van der Waals surface area contributed by atoms with E-state index in [0.29, 0.717) is 12.3 Å². The molecule has 2 rings (SSSR count). The molecule has 15 heavy (non-hydrogen) atoms. The highest BCUT2D eigenvalue weighted by atomic mass is 32.2. The molecule has 2 fully saturated rings. The van der Waals surface area contributed by atoms with Gasteiger partial charge < -0.3 is 0 Å². The second kappa shape index (κ2) is 3.06. The van der Waals surface area contributed by atoms with Gasteiger partial charge in [0.1, 0.15) is 5.78 Å². The highest BCUT2D eigenvalue weighted by molar-refractivity contribution is 7.92. The normalized spacial score (nSPS) is 39.6. The van der Waals surface area contributed by atoms with E-state index in [0.717, 1.165) is 6.42 Å². The molecule has 0 aliphatic heterocycles. The Labute approximate surface area is 91.2 Å². The Kier molecular flexibility index (Phi) is 2.27. The largest absolute Gasteiger partial charge is 0.299 e. The number of ketones is 1. The SMILES string of the molecule is CC(C)S(=O)(=O)CC1C(=O)C[C@@H]2CC12C. The second-order valence-electron chi connectivity index (χ2n) is 5.51. The minimum atomic E-state index is -3.08. The minimum absolute atomic E-state index is 0.0129. The standard InChI is InChI=1S/C11H18O3S/c1-7(2)15(13,14)6-9-10(12)4-8-5-11(8,9)3/h7-9H,4-6H2,1-3H3/t8-,9?,11?/m1/s1. The molecule has 3 nitrogen and oxygen atoms in total. The average Bonchev–Trinajstić information content (AvgIpc) is 2.67. The Morgan fingerprint density at radius 3 is 2.47 bits per heavy atom. The van der Waals surface area contributed by atoms with Crippen LogP contribution in [-0.4, -0.2) is 25.2 Å². The summed E-state index contributed by atoms with van der Waals surface area (Å²) in [5.74, 6) is 0.474. The third-order valence-electron chi connectivity index (χ3n) is 4.21. The van der Waals surface area contributed by atoms with Crippen LogP contribution in [0.4, 0.5) is 0 Å². The quantitative estimate of drug-likeness (QED) is 0.737. The number of hydrogen-bond donors (Lipinski definition) is 0. The smallest absolute Gasteiger partial charge is 0.153 e. The molecule has 0 heterocycles. The molecule has 2 aliphatic carbocycles. The van der Waals surface area contributed by atoms with Gasteiger partial charge in [0.25, 0.3) is 0 Å². The Balaban J connectivity index is 2.16. The van der Waals surface area contributed by atoms with E-state index >= 15 is 0 Å². The molecule has 0 amide bonds. The highest BCUT2D eigenvalue weighted by Crippen LogP contribution is 2.65. The van der Waals surface area contributed by atoms with E-state index in [-0.39, 0.29) is 28.1 Å². The molecule has 2 aliphatic rings. The Hall–Kier alpha value is -0.380. The van der Waals surface area contributed by atoms with Crippen molar-refractivity contribution in [3.05, 3.63) is 0 Å². The van der Waals surface area contributed by atoms with Crippen LogP contribution in [-0.2, 0) is 14.6 Å². The van der Waals surface area contributed by atoms with Crippen LogP contribution >= 0.6 is 0 Å². The lowest BCUT2D eigenvalue weighted by atomic mass is 9.93. The third kappa shape index (κ3) is 1.63. The molecule has 0 aromatic carbocycles. The predicted octanol–water partition coefficient (Wildman–Crippen LogP) is 1.42. The van der Waals surface area contributed by atoms with Crippen LogP contribution in [0.15, 0.2) is 0 Å². The van der Waals surface area contributed by atoms with Crippen LogP contribution in [0.5, 0.6) is 0 Å². The van der Waals surface area contributed by atoms with Gasteiger partial charge in [-0.25, -0.2) is 8.42 Å². The Morgan fingerprint density at radius 1 is 1.47 bits per heavy atom. The maximum absolute atomic E-state index is 11.8. The fourth-order valence-electron chi connectivity index (χ4n) is 2.67. The molecule has 0 aromatic rings. The number of rotatable bonds is 3. The van der Waals surface area contributed by atoms with Crippen molar-refractivity contribution >= 4 is 15.6 Å². The maximum Gasteiger partial charge on any atom is 0.153 e. The average molecular weight is 230 g/mol. The van der Waals surface area contributed by atoms with Gasteiger partial charge in [0.15, 0.2) is 9.84 Å². The first-order valence-corrected chi connectivity index (χ1v) is 7.23. The molecule has 0 bridgehead atoms. The summed E-state index contributed by atoms with van der Waals surface area (Å²) in [6.07, 6.45) is 1.64. The van der Waals surface area contributed by atoms with E-state index in [9.17, 15) is 13.2 Å². The number of carbonyl (C=O) groups is 1. The van der Waals surface area contributed by atoms with Gasteiger partial charge in [-0.1, -0.05) is 6.92 Å². The molecular weight excluding hydrogens is 212 g/mol. The van der Waals surface area contributed by atoms with Gasteiger partial charge in [0.05, 0.1) is 11.0 Å². The van der Waals surface area contributed by atoms with E-state index in [4.69, 9.17) is 0 Å². The number of fused-ring (bicyclic) bond motifs is 1. The van der Waals surface area contributed by atoms with Crippen LogP contribution in [0.3, 0.4) is 0 Å². The van der Waals surface area contributed by atoms with Crippen LogP contribution in [0.25, 0.3) is 0 Å². The zero-order chi connectivity index (χ0) is 11.4.